The molecule has 0 aliphatic carbocycles. The second-order valence-corrected chi connectivity index (χ2v) is 9.51. The molecule has 1 aliphatic heterocycles. The molecule has 0 N–H and O–H groups in total. The first kappa shape index (κ1) is 24.1. The average molecular weight is 559 g/mol. The maximum atomic E-state index is 13.0. The third kappa shape index (κ3) is 5.35. The van der Waals surface area contributed by atoms with Gasteiger partial charge in [-0.2, -0.15) is 0 Å². The Labute approximate surface area is 213 Å². The predicted molar refractivity (Wildman–Crippen MR) is 135 cm³/mol. The Bertz CT molecular complexity index is 1290. The van der Waals surface area contributed by atoms with Crippen LogP contribution in [-0.2, 0) is 11.3 Å². The number of carbonyl (C=O) groups is 3. The number of carbonyl (C=O) groups excluding carboxylic acids is 3. The first-order chi connectivity index (χ1) is 16.4. The molecule has 0 spiro atoms. The van der Waals surface area contributed by atoms with Crippen LogP contribution in [0.1, 0.15) is 21.5 Å². The molecular formula is C25H17BrClNO5S. The number of imide groups is 1. The molecule has 6 nitrogen and oxygen atoms in total. The molecule has 4 rings (SSSR count). The molecule has 9 heteroatoms. The number of rotatable bonds is 6. The Morgan fingerprint density at radius 3 is 2.44 bits per heavy atom. The van der Waals surface area contributed by atoms with Gasteiger partial charge in [-0.15, -0.1) is 0 Å². The van der Waals surface area contributed by atoms with E-state index in [4.69, 9.17) is 21.1 Å². The summed E-state index contributed by atoms with van der Waals surface area (Å²) in [7, 11) is 1.45. The van der Waals surface area contributed by atoms with Crippen LogP contribution in [0.15, 0.2) is 76.1 Å². The summed E-state index contributed by atoms with van der Waals surface area (Å²) in [5.41, 5.74) is 1.55. The van der Waals surface area contributed by atoms with E-state index in [1.165, 1.54) is 18.1 Å². The Balaban J connectivity index is 1.61. The number of para-hydroxylation sites is 1. The van der Waals surface area contributed by atoms with E-state index < -0.39 is 11.9 Å². The number of methoxy groups -OCH3 is 1. The molecule has 2 amide bonds. The van der Waals surface area contributed by atoms with Gasteiger partial charge in [0, 0.05) is 15.1 Å². The Morgan fingerprint density at radius 1 is 1.06 bits per heavy atom. The minimum Gasteiger partial charge on any atom is -0.493 e. The summed E-state index contributed by atoms with van der Waals surface area (Å²) in [6.07, 6.45) is 1.53. The molecule has 3 aromatic carbocycles. The Hall–Kier alpha value is -3.07. The van der Waals surface area contributed by atoms with Crippen molar-refractivity contribution in [3.8, 4) is 11.5 Å². The minimum absolute atomic E-state index is 0.143. The van der Waals surface area contributed by atoms with Crippen LogP contribution < -0.4 is 9.47 Å². The molecule has 0 unspecified atom stereocenters. The van der Waals surface area contributed by atoms with E-state index in [0.717, 1.165) is 21.8 Å². The minimum atomic E-state index is -0.612. The van der Waals surface area contributed by atoms with Crippen LogP contribution in [0.25, 0.3) is 6.08 Å². The largest absolute Gasteiger partial charge is 0.493 e. The lowest BCUT2D eigenvalue weighted by Crippen LogP contribution is -2.27. The lowest BCUT2D eigenvalue weighted by atomic mass is 10.1. The summed E-state index contributed by atoms with van der Waals surface area (Å²) in [6.45, 7) is 0.159. The van der Waals surface area contributed by atoms with Gasteiger partial charge in [-0.05, 0) is 65.9 Å². The number of benzene rings is 3. The summed E-state index contributed by atoms with van der Waals surface area (Å²) in [5, 5.41) is 0.121. The molecule has 34 heavy (non-hydrogen) atoms. The van der Waals surface area contributed by atoms with Crippen LogP contribution in [0.5, 0.6) is 11.5 Å². The maximum absolute atomic E-state index is 13.0. The Kier molecular flexibility index (Phi) is 7.41. The van der Waals surface area contributed by atoms with E-state index in [9.17, 15) is 14.4 Å². The van der Waals surface area contributed by atoms with Crippen LogP contribution in [0.4, 0.5) is 4.79 Å². The van der Waals surface area contributed by atoms with Crippen molar-refractivity contribution in [3.63, 3.8) is 0 Å². The normalized spacial score (nSPS) is 14.6. The highest BCUT2D eigenvalue weighted by Gasteiger charge is 2.35. The third-order valence-corrected chi connectivity index (χ3v) is 6.61. The highest BCUT2D eigenvalue weighted by molar-refractivity contribution is 9.10. The molecule has 3 aromatic rings. The van der Waals surface area contributed by atoms with Crippen molar-refractivity contribution in [3.05, 3.63) is 97.8 Å². The number of thioether (sulfide) groups is 1. The number of amides is 2. The van der Waals surface area contributed by atoms with Crippen LogP contribution in [0, 0.1) is 0 Å². The van der Waals surface area contributed by atoms with Crippen molar-refractivity contribution >= 4 is 62.5 Å². The monoisotopic (exact) mass is 557 g/mol. The Morgan fingerprint density at radius 2 is 1.76 bits per heavy atom. The van der Waals surface area contributed by atoms with Gasteiger partial charge in [0.1, 0.15) is 0 Å². The molecule has 0 radical (unpaired) electrons. The van der Waals surface area contributed by atoms with Crippen LogP contribution in [-0.4, -0.2) is 29.1 Å². The van der Waals surface area contributed by atoms with Crippen molar-refractivity contribution in [1.29, 1.82) is 0 Å². The van der Waals surface area contributed by atoms with Gasteiger partial charge in [0.05, 0.1) is 24.1 Å². The first-order valence-corrected chi connectivity index (χ1v) is 12.0. The van der Waals surface area contributed by atoms with Gasteiger partial charge in [0.25, 0.3) is 11.1 Å². The van der Waals surface area contributed by atoms with E-state index in [-0.39, 0.29) is 22.4 Å². The molecule has 0 bridgehead atoms. The SMILES string of the molecule is COc1cccc(/C=C2\SC(=O)N(Cc3ccc(Br)cc3)C2=O)c1OC(=O)c1ccc(Cl)cc1. The number of nitrogens with zero attached hydrogens (tertiary/aromatic N) is 1. The van der Waals surface area contributed by atoms with E-state index >= 15 is 0 Å². The zero-order valence-corrected chi connectivity index (χ0v) is 20.9. The van der Waals surface area contributed by atoms with E-state index in [1.54, 1.807) is 42.5 Å². The molecule has 0 atom stereocenters. The van der Waals surface area contributed by atoms with E-state index in [1.807, 2.05) is 24.3 Å². The van der Waals surface area contributed by atoms with E-state index in [2.05, 4.69) is 15.9 Å². The fourth-order valence-corrected chi connectivity index (χ4v) is 4.42. The van der Waals surface area contributed by atoms with E-state index in [0.29, 0.717) is 21.9 Å². The zero-order valence-electron chi connectivity index (χ0n) is 17.8. The van der Waals surface area contributed by atoms with Crippen LogP contribution >= 0.6 is 39.3 Å². The number of halogens is 2. The molecular weight excluding hydrogens is 542 g/mol. The smallest absolute Gasteiger partial charge is 0.343 e. The van der Waals surface area contributed by atoms with Gasteiger partial charge in [-0.25, -0.2) is 4.79 Å². The molecule has 172 valence electrons. The number of hydrogen-bond donors (Lipinski definition) is 0. The summed E-state index contributed by atoms with van der Waals surface area (Å²) in [4.78, 5) is 39.6. The van der Waals surface area contributed by atoms with Crippen molar-refractivity contribution in [2.24, 2.45) is 0 Å². The topological polar surface area (TPSA) is 72.9 Å². The summed E-state index contributed by atoms with van der Waals surface area (Å²) in [6, 6.07) is 18.7. The molecule has 1 fully saturated rings. The van der Waals surface area contributed by atoms with Crippen molar-refractivity contribution in [2.75, 3.05) is 7.11 Å². The molecule has 0 saturated carbocycles. The predicted octanol–water partition coefficient (Wildman–Crippen LogP) is 6.57. The van der Waals surface area contributed by atoms with Gasteiger partial charge in [-0.1, -0.05) is 51.8 Å². The van der Waals surface area contributed by atoms with Crippen molar-refractivity contribution < 1.29 is 23.9 Å². The fraction of sp³-hybridized carbons (Fsp3) is 0.0800. The first-order valence-electron chi connectivity index (χ1n) is 10.0. The summed E-state index contributed by atoms with van der Waals surface area (Å²) in [5.74, 6) is -0.579. The standard InChI is InChI=1S/C25H17BrClNO5S/c1-32-20-4-2-3-17(22(20)33-24(30)16-7-11-19(27)12-8-16)13-21-23(29)28(25(31)34-21)14-15-5-9-18(26)10-6-15/h2-13H,14H2,1H3/b21-13-. The number of esters is 1. The van der Waals surface area contributed by atoms with Gasteiger partial charge in [-0.3, -0.25) is 14.5 Å². The average Bonchev–Trinajstić information content (AvgIpc) is 3.09. The van der Waals surface area contributed by atoms with Crippen LogP contribution in [0.2, 0.25) is 5.02 Å². The van der Waals surface area contributed by atoms with Gasteiger partial charge >= 0.3 is 5.97 Å². The highest BCUT2D eigenvalue weighted by atomic mass is 79.9. The highest BCUT2D eigenvalue weighted by Crippen LogP contribution is 2.38. The maximum Gasteiger partial charge on any atom is 0.343 e. The van der Waals surface area contributed by atoms with Gasteiger partial charge < -0.3 is 9.47 Å². The van der Waals surface area contributed by atoms with Gasteiger partial charge in [0.2, 0.25) is 0 Å². The number of ether oxygens (including phenoxy) is 2. The number of hydrogen-bond acceptors (Lipinski definition) is 6. The van der Waals surface area contributed by atoms with Crippen molar-refractivity contribution in [1.82, 2.24) is 4.90 Å². The van der Waals surface area contributed by atoms with Gasteiger partial charge in [0.15, 0.2) is 11.5 Å². The second-order valence-electron chi connectivity index (χ2n) is 7.17. The summed E-state index contributed by atoms with van der Waals surface area (Å²) < 4.78 is 11.9. The quantitative estimate of drug-likeness (QED) is 0.194. The summed E-state index contributed by atoms with van der Waals surface area (Å²) >= 11 is 10.1. The third-order valence-electron chi connectivity index (χ3n) is 4.92. The molecule has 1 saturated heterocycles. The van der Waals surface area contributed by atoms with Crippen LogP contribution in [0.3, 0.4) is 0 Å². The van der Waals surface area contributed by atoms with Crippen molar-refractivity contribution in [2.45, 2.75) is 6.54 Å². The zero-order chi connectivity index (χ0) is 24.2. The lowest BCUT2D eigenvalue weighted by Gasteiger charge is -2.13. The second kappa shape index (κ2) is 10.5. The molecule has 1 aliphatic rings. The molecule has 0 aromatic heterocycles. The fourth-order valence-electron chi connectivity index (χ4n) is 3.20. The lowest BCUT2D eigenvalue weighted by molar-refractivity contribution is -0.123. The molecule has 1 heterocycles.